The predicted octanol–water partition coefficient (Wildman–Crippen LogP) is 3.69. The van der Waals surface area contributed by atoms with Gasteiger partial charge >= 0.3 is 0 Å². The Balaban J connectivity index is 2.49. The second kappa shape index (κ2) is 5.07. The number of nitrogens with zero attached hydrogens (tertiary/aromatic N) is 1. The highest BCUT2D eigenvalue weighted by molar-refractivity contribution is 6.31. The minimum Gasteiger partial charge on any atom is -0.388 e. The largest absolute Gasteiger partial charge is 0.388 e. The van der Waals surface area contributed by atoms with Crippen molar-refractivity contribution in [1.29, 1.82) is 0 Å². The molecule has 0 saturated carbocycles. The maximum atomic E-state index is 10.4. The summed E-state index contributed by atoms with van der Waals surface area (Å²) in [7, 11) is 0. The van der Waals surface area contributed by atoms with Crippen molar-refractivity contribution in [3.63, 3.8) is 0 Å². The average Bonchev–Trinajstić information content (AvgIpc) is 2.77. The zero-order valence-corrected chi connectivity index (χ0v) is 10.8. The molecule has 2 aromatic rings. The Morgan fingerprint density at radius 1 is 1.35 bits per heavy atom. The number of halogens is 1. The number of fused-ring (bicyclic) bond motifs is 1. The van der Waals surface area contributed by atoms with Crippen molar-refractivity contribution in [1.82, 2.24) is 10.2 Å². The van der Waals surface area contributed by atoms with E-state index in [-0.39, 0.29) is 5.92 Å². The molecule has 0 aliphatic heterocycles. The van der Waals surface area contributed by atoms with Crippen molar-refractivity contribution in [2.75, 3.05) is 0 Å². The van der Waals surface area contributed by atoms with E-state index in [9.17, 15) is 5.11 Å². The fourth-order valence-electron chi connectivity index (χ4n) is 2.27. The minimum absolute atomic E-state index is 0.250. The van der Waals surface area contributed by atoms with Crippen LogP contribution in [0.25, 0.3) is 10.9 Å². The Labute approximate surface area is 106 Å². The summed E-state index contributed by atoms with van der Waals surface area (Å²) in [4.78, 5) is 0. The molecule has 1 atom stereocenters. The van der Waals surface area contributed by atoms with Crippen LogP contribution in [-0.4, -0.2) is 15.3 Å². The van der Waals surface area contributed by atoms with Gasteiger partial charge in [0.15, 0.2) is 0 Å². The zero-order chi connectivity index (χ0) is 12.4. The van der Waals surface area contributed by atoms with E-state index in [1.54, 1.807) is 6.20 Å². The highest BCUT2D eigenvalue weighted by Gasteiger charge is 2.21. The summed E-state index contributed by atoms with van der Waals surface area (Å²) < 4.78 is 0. The van der Waals surface area contributed by atoms with E-state index < -0.39 is 6.10 Å². The van der Waals surface area contributed by atoms with Crippen molar-refractivity contribution in [3.05, 3.63) is 28.9 Å². The second-order valence-electron chi connectivity index (χ2n) is 4.35. The fraction of sp³-hybridized carbons (Fsp3) is 0.462. The standard InChI is InChI=1S/C13H17ClN2O/c1-3-8(4-2)13(17)11-6-10(14)5-9-7-15-16-12(9)11/h5-8,13,17H,3-4H2,1-2H3,(H,15,16). The number of aromatic amines is 1. The van der Waals surface area contributed by atoms with Crippen molar-refractivity contribution < 1.29 is 5.11 Å². The molecule has 1 aromatic heterocycles. The molecule has 1 aromatic carbocycles. The molecule has 17 heavy (non-hydrogen) atoms. The number of nitrogens with one attached hydrogen (secondary N) is 1. The number of hydrogen-bond donors (Lipinski definition) is 2. The van der Waals surface area contributed by atoms with Crippen LogP contribution in [0.4, 0.5) is 0 Å². The molecule has 0 spiro atoms. The van der Waals surface area contributed by atoms with Gasteiger partial charge in [0.05, 0.1) is 17.8 Å². The molecular weight excluding hydrogens is 236 g/mol. The first-order chi connectivity index (χ1) is 8.17. The molecule has 2 rings (SSSR count). The molecule has 92 valence electrons. The SMILES string of the molecule is CCC(CC)C(O)c1cc(Cl)cc2cn[nH]c12. The molecule has 0 aliphatic carbocycles. The first kappa shape index (κ1) is 12.4. The lowest BCUT2D eigenvalue weighted by Gasteiger charge is -2.21. The van der Waals surface area contributed by atoms with Crippen LogP contribution in [0.5, 0.6) is 0 Å². The van der Waals surface area contributed by atoms with Crippen molar-refractivity contribution >= 4 is 22.5 Å². The van der Waals surface area contributed by atoms with Crippen LogP contribution in [0, 0.1) is 5.92 Å². The number of aromatic nitrogens is 2. The lowest BCUT2D eigenvalue weighted by molar-refractivity contribution is 0.104. The van der Waals surface area contributed by atoms with Crippen molar-refractivity contribution in [3.8, 4) is 0 Å². The molecule has 1 unspecified atom stereocenters. The van der Waals surface area contributed by atoms with Gasteiger partial charge < -0.3 is 5.11 Å². The molecule has 2 N–H and O–H groups in total. The van der Waals surface area contributed by atoms with Gasteiger partial charge in [-0.15, -0.1) is 0 Å². The summed E-state index contributed by atoms with van der Waals surface area (Å²) in [5, 5.41) is 18.9. The maximum absolute atomic E-state index is 10.4. The van der Waals surface area contributed by atoms with E-state index in [2.05, 4.69) is 24.0 Å². The second-order valence-corrected chi connectivity index (χ2v) is 4.79. The highest BCUT2D eigenvalue weighted by atomic mass is 35.5. The molecule has 0 bridgehead atoms. The van der Waals surface area contributed by atoms with E-state index in [4.69, 9.17) is 11.6 Å². The van der Waals surface area contributed by atoms with Crippen LogP contribution in [-0.2, 0) is 0 Å². The van der Waals surface area contributed by atoms with E-state index in [0.29, 0.717) is 5.02 Å². The van der Waals surface area contributed by atoms with Crippen LogP contribution < -0.4 is 0 Å². The Morgan fingerprint density at radius 3 is 2.71 bits per heavy atom. The number of rotatable bonds is 4. The van der Waals surface area contributed by atoms with E-state index >= 15 is 0 Å². The Kier molecular flexibility index (Phi) is 3.69. The van der Waals surface area contributed by atoms with Gasteiger partial charge in [-0.2, -0.15) is 5.10 Å². The van der Waals surface area contributed by atoms with Gasteiger partial charge in [0.25, 0.3) is 0 Å². The lowest BCUT2D eigenvalue weighted by Crippen LogP contribution is -2.11. The zero-order valence-electron chi connectivity index (χ0n) is 10.1. The van der Waals surface area contributed by atoms with Crippen LogP contribution >= 0.6 is 11.6 Å². The minimum atomic E-state index is -0.494. The molecule has 4 heteroatoms. The van der Waals surface area contributed by atoms with E-state index in [1.165, 1.54) is 0 Å². The summed E-state index contributed by atoms with van der Waals surface area (Å²) >= 11 is 6.06. The van der Waals surface area contributed by atoms with Crippen LogP contribution in [0.15, 0.2) is 18.3 Å². The Bertz CT molecular complexity index is 505. The fourth-order valence-corrected chi connectivity index (χ4v) is 2.50. The van der Waals surface area contributed by atoms with E-state index in [0.717, 1.165) is 29.3 Å². The van der Waals surface area contributed by atoms with Gasteiger partial charge in [-0.3, -0.25) is 5.10 Å². The highest BCUT2D eigenvalue weighted by Crippen LogP contribution is 2.33. The molecule has 3 nitrogen and oxygen atoms in total. The third kappa shape index (κ3) is 2.31. The third-order valence-electron chi connectivity index (χ3n) is 3.36. The first-order valence-electron chi connectivity index (χ1n) is 5.98. The van der Waals surface area contributed by atoms with Crippen LogP contribution in [0.3, 0.4) is 0 Å². The summed E-state index contributed by atoms with van der Waals surface area (Å²) in [6.45, 7) is 4.18. The molecule has 0 saturated heterocycles. The van der Waals surface area contributed by atoms with Crippen LogP contribution in [0.2, 0.25) is 5.02 Å². The molecular formula is C13H17ClN2O. The third-order valence-corrected chi connectivity index (χ3v) is 3.58. The summed E-state index contributed by atoms with van der Waals surface area (Å²) in [5.74, 6) is 0.250. The van der Waals surface area contributed by atoms with E-state index in [1.807, 2.05) is 12.1 Å². The molecule has 0 aliphatic rings. The van der Waals surface area contributed by atoms with Crippen molar-refractivity contribution in [2.24, 2.45) is 5.92 Å². The maximum Gasteiger partial charge on any atom is 0.0839 e. The van der Waals surface area contributed by atoms with Crippen LogP contribution in [0.1, 0.15) is 38.4 Å². The summed E-state index contributed by atoms with van der Waals surface area (Å²) in [6.07, 6.45) is 3.12. The average molecular weight is 253 g/mol. The smallest absolute Gasteiger partial charge is 0.0839 e. The van der Waals surface area contributed by atoms with Gasteiger partial charge in [0.2, 0.25) is 0 Å². The number of benzene rings is 1. The lowest BCUT2D eigenvalue weighted by atomic mass is 9.90. The molecule has 0 amide bonds. The predicted molar refractivity (Wildman–Crippen MR) is 70.1 cm³/mol. The Hall–Kier alpha value is -1.06. The van der Waals surface area contributed by atoms with Gasteiger partial charge in [-0.25, -0.2) is 0 Å². The number of aliphatic hydroxyl groups excluding tert-OH is 1. The number of aliphatic hydroxyl groups is 1. The monoisotopic (exact) mass is 252 g/mol. The molecule has 0 radical (unpaired) electrons. The Morgan fingerprint density at radius 2 is 2.06 bits per heavy atom. The van der Waals surface area contributed by atoms with Gasteiger partial charge in [-0.1, -0.05) is 38.3 Å². The first-order valence-corrected chi connectivity index (χ1v) is 6.35. The summed E-state index contributed by atoms with van der Waals surface area (Å²) in [6, 6.07) is 3.68. The van der Waals surface area contributed by atoms with Gasteiger partial charge in [0, 0.05) is 16.0 Å². The summed E-state index contributed by atoms with van der Waals surface area (Å²) in [5.41, 5.74) is 1.73. The van der Waals surface area contributed by atoms with Gasteiger partial charge in [-0.05, 0) is 18.1 Å². The number of hydrogen-bond acceptors (Lipinski definition) is 2. The quantitative estimate of drug-likeness (QED) is 0.872. The molecule has 1 heterocycles. The number of H-pyrrole nitrogens is 1. The normalized spacial score (nSPS) is 13.5. The van der Waals surface area contributed by atoms with Crippen molar-refractivity contribution in [2.45, 2.75) is 32.8 Å². The van der Waals surface area contributed by atoms with Gasteiger partial charge in [0.1, 0.15) is 0 Å². The molecule has 0 fully saturated rings. The topological polar surface area (TPSA) is 48.9 Å².